The van der Waals surface area contributed by atoms with Gasteiger partial charge in [-0.15, -0.1) is 0 Å². The minimum atomic E-state index is -0.930. The number of aliphatic hydroxyl groups is 1. The highest BCUT2D eigenvalue weighted by atomic mass is 16.6. The van der Waals surface area contributed by atoms with Crippen LogP contribution in [-0.2, 0) is 19.1 Å². The molecule has 0 radical (unpaired) electrons. The number of aliphatic hydroxyl groups excluding tert-OH is 1. The summed E-state index contributed by atoms with van der Waals surface area (Å²) in [5.41, 5.74) is 1.01. The van der Waals surface area contributed by atoms with E-state index in [-0.39, 0.29) is 34.4 Å². The maximum Gasteiger partial charge on any atom is 0.303 e. The Bertz CT molecular complexity index is 988. The van der Waals surface area contributed by atoms with Gasteiger partial charge in [-0.3, -0.25) is 9.59 Å². The molecule has 0 bridgehead atoms. The molecule has 5 nitrogen and oxygen atoms in total. The zero-order valence-electron chi connectivity index (χ0n) is 20.8. The predicted molar refractivity (Wildman–Crippen MR) is 125 cm³/mol. The minimum absolute atomic E-state index is 0.0307. The fourth-order valence-corrected chi connectivity index (χ4v) is 9.05. The SMILES string of the molecule is CC(=O)O[C@@H]1[C@H](O)[C@@H]2C(C)(C)C(=O)C=C[C@]2(C)[C@H]2CC[C@]3(C)C(=CC[C@H]3C3=COCC3)[C@]12C. The van der Waals surface area contributed by atoms with Crippen LogP contribution < -0.4 is 0 Å². The molecule has 1 heterocycles. The Balaban J connectivity index is 1.67. The van der Waals surface area contributed by atoms with Crippen LogP contribution in [0.3, 0.4) is 0 Å². The molecule has 5 aliphatic rings. The van der Waals surface area contributed by atoms with Gasteiger partial charge in [0.1, 0.15) is 6.10 Å². The normalized spacial score (nSPS) is 47.6. The maximum atomic E-state index is 12.9. The molecule has 0 aromatic carbocycles. The van der Waals surface area contributed by atoms with Gasteiger partial charge in [0.25, 0.3) is 0 Å². The van der Waals surface area contributed by atoms with Gasteiger partial charge in [-0.05, 0) is 53.6 Å². The topological polar surface area (TPSA) is 72.8 Å². The number of hydrogen-bond acceptors (Lipinski definition) is 5. The van der Waals surface area contributed by atoms with E-state index in [0.717, 1.165) is 32.3 Å². The molecule has 0 unspecified atom stereocenters. The number of ether oxygens (including phenoxy) is 2. The zero-order chi connectivity index (χ0) is 24.0. The lowest BCUT2D eigenvalue weighted by Gasteiger charge is -2.67. The molecule has 4 aliphatic carbocycles. The van der Waals surface area contributed by atoms with Crippen LogP contribution in [0.5, 0.6) is 0 Å². The van der Waals surface area contributed by atoms with Gasteiger partial charge in [0.2, 0.25) is 0 Å². The van der Waals surface area contributed by atoms with Crippen LogP contribution in [0.2, 0.25) is 0 Å². The van der Waals surface area contributed by atoms with E-state index < -0.39 is 23.0 Å². The van der Waals surface area contributed by atoms with Gasteiger partial charge in [-0.1, -0.05) is 52.3 Å². The number of allylic oxidation sites excluding steroid dienone is 3. The molecule has 33 heavy (non-hydrogen) atoms. The van der Waals surface area contributed by atoms with Gasteiger partial charge < -0.3 is 14.6 Å². The van der Waals surface area contributed by atoms with E-state index in [1.807, 2.05) is 20.1 Å². The number of carbonyl (C=O) groups excluding carboxylic acids is 2. The van der Waals surface area contributed by atoms with Gasteiger partial charge in [0.05, 0.1) is 19.0 Å². The van der Waals surface area contributed by atoms with Crippen LogP contribution >= 0.6 is 0 Å². The van der Waals surface area contributed by atoms with Crippen LogP contribution in [0.25, 0.3) is 0 Å². The van der Waals surface area contributed by atoms with Crippen molar-refractivity contribution in [1.82, 2.24) is 0 Å². The predicted octanol–water partition coefficient (Wildman–Crippen LogP) is 4.75. The van der Waals surface area contributed by atoms with Crippen molar-refractivity contribution in [2.45, 2.75) is 79.4 Å². The van der Waals surface area contributed by atoms with Crippen molar-refractivity contribution < 1.29 is 24.2 Å². The number of ketones is 1. The first-order chi connectivity index (χ1) is 15.4. The zero-order valence-corrected chi connectivity index (χ0v) is 20.8. The second-order valence-electron chi connectivity index (χ2n) is 12.3. The highest BCUT2D eigenvalue weighted by Gasteiger charge is 2.71. The Kier molecular flexibility index (Phi) is 4.90. The third kappa shape index (κ3) is 2.81. The molecular weight excluding hydrogens is 416 g/mol. The molecule has 1 N–H and O–H groups in total. The van der Waals surface area contributed by atoms with Crippen LogP contribution in [0.1, 0.15) is 67.2 Å². The van der Waals surface area contributed by atoms with Crippen LogP contribution in [0.4, 0.5) is 0 Å². The molecule has 2 saturated carbocycles. The largest absolute Gasteiger partial charge is 0.501 e. The maximum absolute atomic E-state index is 12.9. The quantitative estimate of drug-likeness (QED) is 0.481. The molecule has 0 saturated heterocycles. The van der Waals surface area contributed by atoms with Crippen molar-refractivity contribution in [2.24, 2.45) is 39.4 Å². The van der Waals surface area contributed by atoms with E-state index in [9.17, 15) is 14.7 Å². The van der Waals surface area contributed by atoms with Crippen molar-refractivity contribution >= 4 is 11.8 Å². The van der Waals surface area contributed by atoms with E-state index in [2.05, 4.69) is 32.9 Å². The van der Waals surface area contributed by atoms with E-state index in [1.54, 1.807) is 6.08 Å². The van der Waals surface area contributed by atoms with E-state index in [1.165, 1.54) is 18.1 Å². The van der Waals surface area contributed by atoms with E-state index in [0.29, 0.717) is 5.92 Å². The third-order valence-electron chi connectivity index (χ3n) is 10.4. The fraction of sp³-hybridized carbons (Fsp3) is 0.714. The Morgan fingerprint density at radius 3 is 2.58 bits per heavy atom. The van der Waals surface area contributed by atoms with Crippen LogP contribution in [-0.4, -0.2) is 35.7 Å². The number of esters is 1. The molecule has 2 fully saturated rings. The number of rotatable bonds is 2. The Morgan fingerprint density at radius 2 is 1.94 bits per heavy atom. The summed E-state index contributed by atoms with van der Waals surface area (Å²) in [5, 5.41) is 11.9. The summed E-state index contributed by atoms with van der Waals surface area (Å²) in [6.07, 6.45) is 10.4. The number of carbonyl (C=O) groups is 2. The molecule has 1 aliphatic heterocycles. The summed E-state index contributed by atoms with van der Waals surface area (Å²) in [7, 11) is 0. The Morgan fingerprint density at radius 1 is 1.21 bits per heavy atom. The fourth-order valence-electron chi connectivity index (χ4n) is 9.05. The lowest BCUT2D eigenvalue weighted by Crippen LogP contribution is -2.70. The highest BCUT2D eigenvalue weighted by molar-refractivity contribution is 5.96. The Labute approximate surface area is 197 Å². The molecule has 8 atom stereocenters. The standard InChI is InChI=1S/C28H38O5/c1-16(29)33-24-22(31)23-25(2,3)21(30)10-13-27(23,5)20-9-12-26(4)18(17-11-14-32-15-17)7-8-19(26)28(20,24)6/h8,10,13,15,18,20,22-24,31H,7,9,11-12,14H2,1-6H3/t18-,20+,22+,23+,24+,26-,27+,28-/m0/s1. The third-order valence-corrected chi connectivity index (χ3v) is 10.4. The minimum Gasteiger partial charge on any atom is -0.501 e. The monoisotopic (exact) mass is 454 g/mol. The summed E-state index contributed by atoms with van der Waals surface area (Å²) < 4.78 is 11.6. The first-order valence-corrected chi connectivity index (χ1v) is 12.5. The summed E-state index contributed by atoms with van der Waals surface area (Å²) in [5.74, 6) is -0.139. The van der Waals surface area contributed by atoms with Gasteiger partial charge >= 0.3 is 5.97 Å². The smallest absolute Gasteiger partial charge is 0.303 e. The molecule has 0 aromatic rings. The Hall–Kier alpha value is -1.88. The molecule has 0 amide bonds. The molecule has 180 valence electrons. The van der Waals surface area contributed by atoms with Crippen molar-refractivity contribution in [3.63, 3.8) is 0 Å². The van der Waals surface area contributed by atoms with E-state index >= 15 is 0 Å². The molecule has 0 aromatic heterocycles. The van der Waals surface area contributed by atoms with Gasteiger partial charge in [-0.2, -0.15) is 0 Å². The molecule has 0 spiro atoms. The van der Waals surface area contributed by atoms with E-state index in [4.69, 9.17) is 9.47 Å². The van der Waals surface area contributed by atoms with Crippen LogP contribution in [0.15, 0.2) is 35.6 Å². The van der Waals surface area contributed by atoms with Crippen molar-refractivity contribution in [3.05, 3.63) is 35.6 Å². The van der Waals surface area contributed by atoms with Crippen molar-refractivity contribution in [2.75, 3.05) is 6.61 Å². The molecule has 5 rings (SSSR count). The van der Waals surface area contributed by atoms with Crippen molar-refractivity contribution in [3.8, 4) is 0 Å². The first-order valence-electron chi connectivity index (χ1n) is 12.5. The number of fused-ring (bicyclic) bond motifs is 5. The average Bonchev–Trinajstić information content (AvgIpc) is 3.36. The number of hydrogen-bond donors (Lipinski definition) is 1. The van der Waals surface area contributed by atoms with Gasteiger partial charge in [0.15, 0.2) is 5.78 Å². The van der Waals surface area contributed by atoms with Gasteiger partial charge in [0, 0.05) is 30.1 Å². The second kappa shape index (κ2) is 7.07. The summed E-state index contributed by atoms with van der Waals surface area (Å²) >= 11 is 0. The second-order valence-corrected chi connectivity index (χ2v) is 12.3. The average molecular weight is 455 g/mol. The first kappa shape index (κ1) is 22.9. The van der Waals surface area contributed by atoms with Gasteiger partial charge in [-0.25, -0.2) is 0 Å². The van der Waals surface area contributed by atoms with Crippen LogP contribution in [0, 0.1) is 39.4 Å². The highest BCUT2D eigenvalue weighted by Crippen LogP contribution is 2.72. The molecule has 5 heteroatoms. The summed E-state index contributed by atoms with van der Waals surface area (Å²) in [4.78, 5) is 25.2. The summed E-state index contributed by atoms with van der Waals surface area (Å²) in [6.45, 7) is 12.8. The summed E-state index contributed by atoms with van der Waals surface area (Å²) in [6, 6.07) is 0. The van der Waals surface area contributed by atoms with Crippen molar-refractivity contribution in [1.29, 1.82) is 0 Å². The lowest BCUT2D eigenvalue weighted by atomic mass is 9.37. The lowest BCUT2D eigenvalue weighted by molar-refractivity contribution is -0.228. The molecular formula is C28H38O5.